The molecule has 0 unspecified atom stereocenters. The van der Waals surface area contributed by atoms with E-state index in [9.17, 15) is 0 Å². The molecule has 24 heavy (non-hydrogen) atoms. The molecule has 0 aliphatic carbocycles. The summed E-state index contributed by atoms with van der Waals surface area (Å²) in [4.78, 5) is 9.01. The third-order valence-electron chi connectivity index (χ3n) is 4.24. The zero-order valence-corrected chi connectivity index (χ0v) is 14.4. The van der Waals surface area contributed by atoms with E-state index in [0.717, 1.165) is 28.1 Å². The Kier molecular flexibility index (Phi) is 3.16. The van der Waals surface area contributed by atoms with Crippen LogP contribution in [-0.4, -0.2) is 29.2 Å². The third-order valence-corrected chi connectivity index (χ3v) is 4.24. The van der Waals surface area contributed by atoms with Gasteiger partial charge in [-0.3, -0.25) is 9.97 Å². The van der Waals surface area contributed by atoms with Crippen LogP contribution in [0.4, 0.5) is 0 Å². The number of hydrogen-bond donors (Lipinski definition) is 0. The van der Waals surface area contributed by atoms with E-state index in [1.165, 1.54) is 5.56 Å². The van der Waals surface area contributed by atoms with Gasteiger partial charge in [-0.2, -0.15) is 10.2 Å². The van der Waals surface area contributed by atoms with Gasteiger partial charge in [-0.25, -0.2) is 9.03 Å². The van der Waals surface area contributed by atoms with Gasteiger partial charge in [0, 0.05) is 24.4 Å². The minimum atomic E-state index is -0.0271. The largest absolute Gasteiger partial charge is 0.258 e. The predicted molar refractivity (Wildman–Crippen MR) is 92.2 cm³/mol. The van der Waals surface area contributed by atoms with E-state index in [1.54, 1.807) is 12.4 Å². The summed E-state index contributed by atoms with van der Waals surface area (Å²) in [6.45, 7) is 8.67. The monoisotopic (exact) mass is 320 g/mol. The first kappa shape index (κ1) is 14.8. The Bertz CT molecular complexity index is 1030. The fourth-order valence-electron chi connectivity index (χ4n) is 3.24. The molecular formula is C18H20N6. The number of hydrogen-bond acceptors (Lipinski definition) is 4. The van der Waals surface area contributed by atoms with Crippen LogP contribution < -0.4 is 0 Å². The van der Waals surface area contributed by atoms with Crippen LogP contribution >= 0.6 is 0 Å². The number of aromatic nitrogens is 6. The molecule has 0 fully saturated rings. The summed E-state index contributed by atoms with van der Waals surface area (Å²) in [6, 6.07) is 1.94. The number of rotatable bonds is 2. The number of nitrogens with zero attached hydrogens (tertiary/aromatic N) is 6. The van der Waals surface area contributed by atoms with Gasteiger partial charge in [-0.05, 0) is 18.4 Å². The van der Waals surface area contributed by atoms with Gasteiger partial charge in [0.05, 0.1) is 46.7 Å². The summed E-state index contributed by atoms with van der Waals surface area (Å²) in [6.07, 6.45) is 9.97. The van der Waals surface area contributed by atoms with Crippen molar-refractivity contribution in [3.63, 3.8) is 0 Å². The van der Waals surface area contributed by atoms with Gasteiger partial charge in [0.2, 0.25) is 0 Å². The second kappa shape index (κ2) is 5.12. The topological polar surface area (TPSA) is 60.4 Å². The van der Waals surface area contributed by atoms with Crippen molar-refractivity contribution in [2.45, 2.75) is 39.5 Å². The molecule has 0 bridgehead atoms. The Morgan fingerprint density at radius 3 is 2.71 bits per heavy atom. The van der Waals surface area contributed by atoms with Gasteiger partial charge in [0.15, 0.2) is 0 Å². The molecule has 0 N–H and O–H groups in total. The summed E-state index contributed by atoms with van der Waals surface area (Å²) in [5, 5.41) is 9.10. The van der Waals surface area contributed by atoms with Crippen molar-refractivity contribution in [3.05, 3.63) is 59.7 Å². The van der Waals surface area contributed by atoms with Crippen molar-refractivity contribution < 1.29 is 0 Å². The van der Waals surface area contributed by atoms with E-state index in [-0.39, 0.29) is 5.41 Å². The van der Waals surface area contributed by atoms with Crippen LogP contribution in [0.25, 0.3) is 11.0 Å². The molecule has 0 spiro atoms. The molecule has 0 radical (unpaired) electrons. The third kappa shape index (κ3) is 2.35. The Morgan fingerprint density at radius 1 is 1.08 bits per heavy atom. The number of aryl methyl sites for hydroxylation is 1. The second-order valence-corrected chi connectivity index (χ2v) is 7.13. The van der Waals surface area contributed by atoms with Gasteiger partial charge in [0.1, 0.15) is 0 Å². The van der Waals surface area contributed by atoms with Crippen molar-refractivity contribution >= 4 is 11.0 Å². The van der Waals surface area contributed by atoms with E-state index >= 15 is 0 Å². The molecule has 4 heterocycles. The molecule has 0 aliphatic rings. The standard InChI is InChI=1S/C18H20N6/c1-12-17-16(18(2,3)4)15(22-23(17)8-7-19-12)9-13-11-24-14(10-20-13)5-6-21-24/h5-8,10-11H,9H2,1-4H3. The van der Waals surface area contributed by atoms with Crippen molar-refractivity contribution in [2.75, 3.05) is 0 Å². The molecule has 0 saturated carbocycles. The Labute approximate surface area is 140 Å². The average molecular weight is 320 g/mol. The van der Waals surface area contributed by atoms with Gasteiger partial charge in [-0.15, -0.1) is 0 Å². The molecule has 6 nitrogen and oxygen atoms in total. The fourth-order valence-corrected chi connectivity index (χ4v) is 3.24. The zero-order valence-electron chi connectivity index (χ0n) is 14.4. The van der Waals surface area contributed by atoms with Crippen LogP contribution in [0.3, 0.4) is 0 Å². The lowest BCUT2D eigenvalue weighted by molar-refractivity contribution is 0.588. The molecule has 0 saturated heterocycles. The SMILES string of the molecule is Cc1nccn2nc(Cc3cn4nccc4cn3)c(C(C)(C)C)c12. The maximum Gasteiger partial charge on any atom is 0.0914 e. The quantitative estimate of drug-likeness (QED) is 0.570. The Morgan fingerprint density at radius 2 is 1.92 bits per heavy atom. The summed E-state index contributed by atoms with van der Waals surface area (Å²) in [5.74, 6) is 0. The predicted octanol–water partition coefficient (Wildman–Crippen LogP) is 2.97. The first-order valence-electron chi connectivity index (χ1n) is 8.05. The lowest BCUT2D eigenvalue weighted by Crippen LogP contribution is -2.14. The summed E-state index contributed by atoms with van der Waals surface area (Å²) < 4.78 is 3.78. The first-order chi connectivity index (χ1) is 11.4. The minimum absolute atomic E-state index is 0.0271. The maximum atomic E-state index is 4.81. The van der Waals surface area contributed by atoms with E-state index in [0.29, 0.717) is 6.42 Å². The molecule has 4 aromatic heterocycles. The molecule has 0 aromatic carbocycles. The van der Waals surface area contributed by atoms with Crippen molar-refractivity contribution in [1.82, 2.24) is 29.2 Å². The fraction of sp³-hybridized carbons (Fsp3) is 0.333. The van der Waals surface area contributed by atoms with Gasteiger partial charge < -0.3 is 0 Å². The summed E-state index contributed by atoms with van der Waals surface area (Å²) in [7, 11) is 0. The van der Waals surface area contributed by atoms with Crippen LogP contribution in [0.5, 0.6) is 0 Å². The van der Waals surface area contributed by atoms with Gasteiger partial charge >= 0.3 is 0 Å². The van der Waals surface area contributed by atoms with Gasteiger partial charge in [-0.1, -0.05) is 20.8 Å². The molecule has 122 valence electrons. The average Bonchev–Trinajstić information content (AvgIpc) is 3.10. The molecular weight excluding hydrogens is 300 g/mol. The Balaban J connectivity index is 1.88. The van der Waals surface area contributed by atoms with Crippen LogP contribution in [0.1, 0.15) is 43.4 Å². The molecule has 0 atom stereocenters. The van der Waals surface area contributed by atoms with Crippen molar-refractivity contribution in [1.29, 1.82) is 0 Å². The molecule has 6 heteroatoms. The van der Waals surface area contributed by atoms with E-state index in [4.69, 9.17) is 5.10 Å². The van der Waals surface area contributed by atoms with Crippen LogP contribution in [-0.2, 0) is 11.8 Å². The van der Waals surface area contributed by atoms with Crippen LogP contribution in [0.15, 0.2) is 37.1 Å². The normalized spacial score (nSPS) is 12.3. The summed E-state index contributed by atoms with van der Waals surface area (Å²) >= 11 is 0. The zero-order chi connectivity index (χ0) is 16.9. The lowest BCUT2D eigenvalue weighted by Gasteiger charge is -2.19. The van der Waals surface area contributed by atoms with Crippen molar-refractivity contribution in [2.24, 2.45) is 0 Å². The van der Waals surface area contributed by atoms with E-state index < -0.39 is 0 Å². The van der Waals surface area contributed by atoms with Gasteiger partial charge in [0.25, 0.3) is 0 Å². The highest BCUT2D eigenvalue weighted by Gasteiger charge is 2.26. The summed E-state index contributed by atoms with van der Waals surface area (Å²) in [5.41, 5.74) is 6.28. The van der Waals surface area contributed by atoms with E-state index in [1.807, 2.05) is 40.6 Å². The number of fused-ring (bicyclic) bond motifs is 2. The highest BCUT2D eigenvalue weighted by atomic mass is 15.2. The van der Waals surface area contributed by atoms with Crippen LogP contribution in [0, 0.1) is 6.92 Å². The lowest BCUT2D eigenvalue weighted by atomic mass is 9.84. The van der Waals surface area contributed by atoms with E-state index in [2.05, 4.69) is 35.8 Å². The Hall–Kier alpha value is -2.76. The first-order valence-corrected chi connectivity index (χ1v) is 8.05. The molecule has 4 aromatic rings. The highest BCUT2D eigenvalue weighted by molar-refractivity contribution is 5.63. The highest BCUT2D eigenvalue weighted by Crippen LogP contribution is 2.32. The van der Waals surface area contributed by atoms with Crippen LogP contribution in [0.2, 0.25) is 0 Å². The second-order valence-electron chi connectivity index (χ2n) is 7.13. The van der Waals surface area contributed by atoms with Crippen molar-refractivity contribution in [3.8, 4) is 0 Å². The maximum absolute atomic E-state index is 4.81. The molecule has 0 aliphatic heterocycles. The molecule has 4 rings (SSSR count). The molecule has 0 amide bonds. The minimum Gasteiger partial charge on any atom is -0.258 e. The smallest absolute Gasteiger partial charge is 0.0914 e.